The summed E-state index contributed by atoms with van der Waals surface area (Å²) in [5, 5.41) is 10.1. The van der Waals surface area contributed by atoms with E-state index < -0.39 is 11.1 Å². The van der Waals surface area contributed by atoms with Gasteiger partial charge in [0.2, 0.25) is 11.8 Å². The van der Waals surface area contributed by atoms with Crippen LogP contribution in [-0.2, 0) is 4.79 Å². The number of pyridine rings is 1. The van der Waals surface area contributed by atoms with Gasteiger partial charge in [0.25, 0.3) is 5.22 Å². The van der Waals surface area contributed by atoms with Gasteiger partial charge in [-0.1, -0.05) is 23.9 Å². The smallest absolute Gasteiger partial charge is 0.277 e. The number of hydrogen-bond acceptors (Lipinski definition) is 6. The van der Waals surface area contributed by atoms with Gasteiger partial charge in [0.05, 0.1) is 16.5 Å². The summed E-state index contributed by atoms with van der Waals surface area (Å²) < 4.78 is 19.1. The molecule has 1 atom stereocenters. The lowest BCUT2D eigenvalue weighted by Gasteiger charge is -2.10. The Labute approximate surface area is 141 Å². The lowest BCUT2D eigenvalue weighted by Crippen LogP contribution is -2.22. The van der Waals surface area contributed by atoms with Crippen molar-refractivity contribution in [1.82, 2.24) is 15.2 Å². The van der Waals surface area contributed by atoms with E-state index in [2.05, 4.69) is 20.5 Å². The Morgan fingerprint density at radius 2 is 2.08 bits per heavy atom. The molecule has 0 saturated carbocycles. The van der Waals surface area contributed by atoms with Gasteiger partial charge < -0.3 is 9.73 Å². The van der Waals surface area contributed by atoms with Crippen molar-refractivity contribution in [2.45, 2.75) is 17.4 Å². The molecule has 24 heavy (non-hydrogen) atoms. The molecule has 0 unspecified atom stereocenters. The largest absolute Gasteiger partial charge is 0.411 e. The molecule has 0 aliphatic heterocycles. The van der Waals surface area contributed by atoms with E-state index in [0.717, 1.165) is 11.8 Å². The quantitative estimate of drug-likeness (QED) is 0.715. The van der Waals surface area contributed by atoms with E-state index in [1.54, 1.807) is 43.6 Å². The van der Waals surface area contributed by atoms with Gasteiger partial charge in [0.1, 0.15) is 5.82 Å². The normalized spacial score (nSPS) is 11.9. The molecule has 8 heteroatoms. The molecule has 6 nitrogen and oxygen atoms in total. The van der Waals surface area contributed by atoms with E-state index in [0.29, 0.717) is 11.5 Å². The zero-order valence-corrected chi connectivity index (χ0v) is 13.5. The van der Waals surface area contributed by atoms with Crippen molar-refractivity contribution < 1.29 is 13.6 Å². The number of para-hydroxylation sites is 1. The summed E-state index contributed by atoms with van der Waals surface area (Å²) in [6.45, 7) is 1.68. The van der Waals surface area contributed by atoms with Gasteiger partial charge in [-0.3, -0.25) is 9.78 Å². The lowest BCUT2D eigenvalue weighted by molar-refractivity contribution is -0.115. The van der Waals surface area contributed by atoms with Crippen molar-refractivity contribution in [3.63, 3.8) is 0 Å². The maximum absolute atomic E-state index is 13.6. The molecule has 1 aromatic carbocycles. The summed E-state index contributed by atoms with van der Waals surface area (Å²) in [6.07, 6.45) is 3.25. The second kappa shape index (κ2) is 7.22. The number of halogens is 1. The molecule has 3 rings (SSSR count). The molecule has 2 heterocycles. The number of rotatable bonds is 5. The summed E-state index contributed by atoms with van der Waals surface area (Å²) in [6, 6.07) is 9.54. The minimum atomic E-state index is -0.535. The van der Waals surface area contributed by atoms with Crippen LogP contribution >= 0.6 is 11.8 Å². The number of amides is 1. The minimum Gasteiger partial charge on any atom is -0.411 e. The molecule has 0 aliphatic rings. The Morgan fingerprint density at radius 1 is 1.25 bits per heavy atom. The van der Waals surface area contributed by atoms with Crippen molar-refractivity contribution in [3.8, 4) is 11.5 Å². The molecule has 0 aliphatic carbocycles. The zero-order chi connectivity index (χ0) is 16.9. The van der Waals surface area contributed by atoms with Crippen molar-refractivity contribution in [3.05, 3.63) is 54.6 Å². The maximum atomic E-state index is 13.6. The molecule has 0 saturated heterocycles. The number of aromatic nitrogens is 3. The first-order valence-electron chi connectivity index (χ1n) is 7.09. The zero-order valence-electron chi connectivity index (χ0n) is 12.6. The van der Waals surface area contributed by atoms with Crippen LogP contribution in [0.2, 0.25) is 0 Å². The molecule has 1 amide bonds. The number of carbonyl (C=O) groups is 1. The van der Waals surface area contributed by atoms with E-state index in [1.165, 1.54) is 12.1 Å². The Morgan fingerprint density at radius 3 is 2.83 bits per heavy atom. The van der Waals surface area contributed by atoms with Gasteiger partial charge >= 0.3 is 0 Å². The molecule has 122 valence electrons. The summed E-state index contributed by atoms with van der Waals surface area (Å²) in [4.78, 5) is 16.1. The van der Waals surface area contributed by atoms with Crippen LogP contribution in [-0.4, -0.2) is 26.3 Å². The van der Waals surface area contributed by atoms with Gasteiger partial charge in [-0.2, -0.15) is 0 Å². The van der Waals surface area contributed by atoms with Crippen LogP contribution in [0.4, 0.5) is 10.1 Å². The summed E-state index contributed by atoms with van der Waals surface area (Å²) in [5.74, 6) is -0.516. The number of nitrogens with zero attached hydrogens (tertiary/aromatic N) is 3. The number of thioether (sulfide) groups is 1. The Kier molecular flexibility index (Phi) is 4.85. The lowest BCUT2D eigenvalue weighted by atomic mass is 10.3. The van der Waals surface area contributed by atoms with Crippen LogP contribution in [0, 0.1) is 5.82 Å². The summed E-state index contributed by atoms with van der Waals surface area (Å²) in [7, 11) is 0. The van der Waals surface area contributed by atoms with Crippen LogP contribution in [0.25, 0.3) is 11.5 Å². The average molecular weight is 344 g/mol. The van der Waals surface area contributed by atoms with Gasteiger partial charge in [0, 0.05) is 12.4 Å². The third kappa shape index (κ3) is 3.77. The first-order valence-corrected chi connectivity index (χ1v) is 7.97. The predicted molar refractivity (Wildman–Crippen MR) is 87.9 cm³/mol. The highest BCUT2D eigenvalue weighted by molar-refractivity contribution is 8.00. The first kappa shape index (κ1) is 16.1. The molecule has 1 N–H and O–H groups in total. The van der Waals surface area contributed by atoms with Gasteiger partial charge in [-0.05, 0) is 31.2 Å². The van der Waals surface area contributed by atoms with Crippen molar-refractivity contribution in [2.24, 2.45) is 0 Å². The van der Waals surface area contributed by atoms with Gasteiger partial charge in [-0.25, -0.2) is 4.39 Å². The standard InChI is InChI=1S/C16H13FN4O2S/c1-10(14(22)19-13-7-3-2-6-12(13)17)24-16-21-20-15(23-16)11-5-4-8-18-9-11/h2-10H,1H3,(H,19,22)/t10-/m0/s1. The highest BCUT2D eigenvalue weighted by Gasteiger charge is 2.19. The Bertz CT molecular complexity index is 841. The van der Waals surface area contributed by atoms with Gasteiger partial charge in [-0.15, -0.1) is 10.2 Å². The van der Waals surface area contributed by atoms with Crippen LogP contribution in [0.1, 0.15) is 6.92 Å². The Balaban J connectivity index is 1.65. The summed E-state index contributed by atoms with van der Waals surface area (Å²) >= 11 is 1.10. The average Bonchev–Trinajstić information content (AvgIpc) is 3.06. The van der Waals surface area contributed by atoms with Crippen molar-refractivity contribution >= 4 is 23.4 Å². The second-order valence-corrected chi connectivity index (χ2v) is 6.14. The van der Waals surface area contributed by atoms with E-state index >= 15 is 0 Å². The second-order valence-electron chi connectivity index (χ2n) is 4.84. The molecule has 0 radical (unpaired) electrons. The third-order valence-corrected chi connectivity index (χ3v) is 4.03. The molecule has 0 spiro atoms. The third-order valence-electron chi connectivity index (χ3n) is 3.09. The van der Waals surface area contributed by atoms with E-state index in [4.69, 9.17) is 4.42 Å². The van der Waals surface area contributed by atoms with E-state index in [9.17, 15) is 9.18 Å². The van der Waals surface area contributed by atoms with Crippen LogP contribution in [0.15, 0.2) is 58.4 Å². The van der Waals surface area contributed by atoms with E-state index in [-0.39, 0.29) is 16.8 Å². The predicted octanol–water partition coefficient (Wildman–Crippen LogP) is 3.39. The minimum absolute atomic E-state index is 0.136. The fourth-order valence-electron chi connectivity index (χ4n) is 1.87. The molecule has 3 aromatic rings. The molecular formula is C16H13FN4O2S. The number of hydrogen-bond donors (Lipinski definition) is 1. The fourth-order valence-corrected chi connectivity index (χ4v) is 2.55. The topological polar surface area (TPSA) is 80.9 Å². The SMILES string of the molecule is C[C@H](Sc1nnc(-c2cccnc2)o1)C(=O)Nc1ccccc1F. The van der Waals surface area contributed by atoms with Crippen molar-refractivity contribution in [2.75, 3.05) is 5.32 Å². The molecular weight excluding hydrogens is 331 g/mol. The summed E-state index contributed by atoms with van der Waals surface area (Å²) in [5.41, 5.74) is 0.830. The van der Waals surface area contributed by atoms with Crippen LogP contribution < -0.4 is 5.32 Å². The monoisotopic (exact) mass is 344 g/mol. The maximum Gasteiger partial charge on any atom is 0.277 e. The number of nitrogens with one attached hydrogen (secondary N) is 1. The van der Waals surface area contributed by atoms with Gasteiger partial charge in [0.15, 0.2) is 0 Å². The highest BCUT2D eigenvalue weighted by atomic mass is 32.2. The molecule has 0 bridgehead atoms. The highest BCUT2D eigenvalue weighted by Crippen LogP contribution is 2.26. The van der Waals surface area contributed by atoms with Crippen molar-refractivity contribution in [1.29, 1.82) is 0 Å². The Hall–Kier alpha value is -2.74. The van der Waals surface area contributed by atoms with E-state index in [1.807, 2.05) is 0 Å². The van der Waals surface area contributed by atoms with Crippen LogP contribution in [0.3, 0.4) is 0 Å². The molecule has 0 fully saturated rings. The number of carbonyl (C=O) groups excluding carboxylic acids is 1. The number of anilines is 1. The molecule has 2 aromatic heterocycles. The fraction of sp³-hybridized carbons (Fsp3) is 0.125. The number of benzene rings is 1. The first-order chi connectivity index (χ1) is 11.6. The van der Waals surface area contributed by atoms with Crippen LogP contribution in [0.5, 0.6) is 0 Å².